The summed E-state index contributed by atoms with van der Waals surface area (Å²) in [5.41, 5.74) is 3.73. The molecule has 0 aromatic heterocycles. The van der Waals surface area contributed by atoms with Crippen molar-refractivity contribution in [3.8, 4) is 0 Å². The first-order chi connectivity index (χ1) is 11.0. The average Bonchev–Trinajstić information content (AvgIpc) is 2.63. The van der Waals surface area contributed by atoms with Crippen LogP contribution in [0.3, 0.4) is 0 Å². The lowest BCUT2D eigenvalue weighted by molar-refractivity contribution is 0.0952. The average molecular weight is 313 g/mol. The van der Waals surface area contributed by atoms with Crippen molar-refractivity contribution in [3.63, 3.8) is 0 Å². The molecule has 0 saturated heterocycles. The topological polar surface area (TPSA) is 40.5 Å². The Morgan fingerprint density at radius 3 is 2.74 bits per heavy atom. The maximum atomic E-state index is 13.8. The summed E-state index contributed by atoms with van der Waals surface area (Å²) in [7, 11) is 0. The third kappa shape index (κ3) is 3.13. The van der Waals surface area contributed by atoms with Gasteiger partial charge in [-0.1, -0.05) is 18.2 Å². The van der Waals surface area contributed by atoms with Gasteiger partial charge in [-0.25, -0.2) is 4.39 Å². The number of carbonyl (C=O) groups is 1. The van der Waals surface area contributed by atoms with Crippen molar-refractivity contribution >= 4 is 11.5 Å². The molecule has 0 radical (unpaired) electrons. The number of hydrogen-bond donors (Lipinski definition) is 1. The number of halogens is 1. The number of ketones is 1. The van der Waals surface area contributed by atoms with Gasteiger partial charge in [0.1, 0.15) is 12.0 Å². The Morgan fingerprint density at radius 1 is 1.22 bits per heavy atom. The van der Waals surface area contributed by atoms with E-state index in [1.165, 1.54) is 6.07 Å². The molecule has 2 aromatic carbocycles. The minimum absolute atomic E-state index is 0.0386. The summed E-state index contributed by atoms with van der Waals surface area (Å²) in [6, 6.07) is 10.7. The number of anilines is 1. The summed E-state index contributed by atoms with van der Waals surface area (Å²) in [5.74, 6) is -0.219. The molecule has 3 nitrogen and oxygen atoms in total. The minimum Gasteiger partial charge on any atom is -0.374 e. The van der Waals surface area contributed by atoms with Gasteiger partial charge in [-0.05, 0) is 55.2 Å². The molecule has 1 heterocycles. The van der Waals surface area contributed by atoms with Crippen LogP contribution in [0.2, 0.25) is 0 Å². The van der Waals surface area contributed by atoms with E-state index in [-0.39, 0.29) is 11.6 Å². The van der Waals surface area contributed by atoms with Crippen LogP contribution in [0.25, 0.3) is 0 Å². The number of aliphatic hydroxyl groups excluding tert-OH is 1. The van der Waals surface area contributed by atoms with Gasteiger partial charge >= 0.3 is 0 Å². The normalized spacial score (nSPS) is 17.8. The lowest BCUT2D eigenvalue weighted by Crippen LogP contribution is -2.34. The van der Waals surface area contributed by atoms with E-state index >= 15 is 0 Å². The van der Waals surface area contributed by atoms with Gasteiger partial charge in [0.15, 0.2) is 5.78 Å². The monoisotopic (exact) mass is 313 g/mol. The number of aryl methyl sites for hydroxylation is 2. The number of fused-ring (bicyclic) bond motifs is 1. The van der Waals surface area contributed by atoms with Crippen LogP contribution >= 0.6 is 0 Å². The Bertz CT molecular complexity index is 757. The van der Waals surface area contributed by atoms with Gasteiger partial charge in [-0.3, -0.25) is 4.79 Å². The van der Waals surface area contributed by atoms with Crippen LogP contribution in [0.4, 0.5) is 10.1 Å². The van der Waals surface area contributed by atoms with Crippen molar-refractivity contribution in [2.75, 3.05) is 4.90 Å². The quantitative estimate of drug-likeness (QED) is 0.918. The van der Waals surface area contributed by atoms with Crippen LogP contribution < -0.4 is 4.90 Å². The van der Waals surface area contributed by atoms with Crippen molar-refractivity contribution in [1.82, 2.24) is 0 Å². The molecule has 1 aliphatic rings. The van der Waals surface area contributed by atoms with Gasteiger partial charge in [0.05, 0.1) is 5.69 Å². The Hall–Kier alpha value is -2.20. The van der Waals surface area contributed by atoms with Crippen molar-refractivity contribution < 1.29 is 14.3 Å². The predicted molar refractivity (Wildman–Crippen MR) is 88.1 cm³/mol. The Morgan fingerprint density at radius 2 is 2.00 bits per heavy atom. The van der Waals surface area contributed by atoms with Gasteiger partial charge in [0, 0.05) is 18.5 Å². The number of Topliss-reactive ketones (excluding diaryl/α,β-unsaturated/α-hetero) is 1. The third-order valence-corrected chi connectivity index (χ3v) is 4.34. The Kier molecular flexibility index (Phi) is 4.18. The highest BCUT2D eigenvalue weighted by Crippen LogP contribution is 2.31. The zero-order chi connectivity index (χ0) is 16.6. The molecule has 0 fully saturated rings. The molecular formula is C19H20FNO2. The summed E-state index contributed by atoms with van der Waals surface area (Å²) in [4.78, 5) is 14.1. The van der Waals surface area contributed by atoms with E-state index < -0.39 is 6.23 Å². The lowest BCUT2D eigenvalue weighted by atomic mass is 10.0. The number of nitrogens with zero attached hydrogens (tertiary/aromatic N) is 1. The molecule has 0 saturated carbocycles. The standard InChI is InChI=1S/C19H20FNO2/c1-12-3-6-15-17(9-12)21(19(23)8-7-18(15)22)11-14-5-4-13(2)16(20)10-14/h3-6,9-10,19,23H,7-8,11H2,1-2H3. The Labute approximate surface area is 135 Å². The SMILES string of the molecule is Cc1ccc2c(c1)N(Cc1ccc(C)c(F)c1)C(O)CCC2=O. The Balaban J connectivity index is 2.02. The zero-order valence-corrected chi connectivity index (χ0v) is 13.3. The van der Waals surface area contributed by atoms with Gasteiger partial charge in [0.2, 0.25) is 0 Å². The number of aliphatic hydroxyl groups is 1. The molecular weight excluding hydrogens is 293 g/mol. The van der Waals surface area contributed by atoms with E-state index in [1.54, 1.807) is 17.9 Å². The molecule has 1 N–H and O–H groups in total. The van der Waals surface area contributed by atoms with Crippen molar-refractivity contribution in [2.24, 2.45) is 0 Å². The van der Waals surface area contributed by atoms with Crippen LogP contribution in [0.1, 0.15) is 39.9 Å². The van der Waals surface area contributed by atoms with Gasteiger partial charge < -0.3 is 10.0 Å². The number of rotatable bonds is 2. The molecule has 1 unspecified atom stereocenters. The molecule has 0 spiro atoms. The second-order valence-electron chi connectivity index (χ2n) is 6.17. The number of benzene rings is 2. The van der Waals surface area contributed by atoms with Crippen molar-refractivity contribution in [1.29, 1.82) is 0 Å². The smallest absolute Gasteiger partial charge is 0.165 e. The fourth-order valence-corrected chi connectivity index (χ4v) is 2.95. The first kappa shape index (κ1) is 15.7. The summed E-state index contributed by atoms with van der Waals surface area (Å²) in [6.07, 6.45) is -0.0666. The molecule has 0 bridgehead atoms. The molecule has 1 aliphatic heterocycles. The second kappa shape index (κ2) is 6.13. The minimum atomic E-state index is -0.758. The van der Waals surface area contributed by atoms with Crippen LogP contribution in [0.5, 0.6) is 0 Å². The summed E-state index contributed by atoms with van der Waals surface area (Å²) in [6.45, 7) is 4.03. The maximum absolute atomic E-state index is 13.8. The lowest BCUT2D eigenvalue weighted by Gasteiger charge is -2.29. The summed E-state index contributed by atoms with van der Waals surface area (Å²) in [5, 5.41) is 10.5. The van der Waals surface area contributed by atoms with E-state index in [4.69, 9.17) is 0 Å². The van der Waals surface area contributed by atoms with E-state index in [1.807, 2.05) is 31.2 Å². The van der Waals surface area contributed by atoms with Gasteiger partial charge in [0.25, 0.3) is 0 Å². The van der Waals surface area contributed by atoms with Crippen molar-refractivity contribution in [2.45, 2.75) is 39.5 Å². The maximum Gasteiger partial charge on any atom is 0.165 e. The first-order valence-electron chi connectivity index (χ1n) is 7.79. The van der Waals surface area contributed by atoms with Crippen LogP contribution in [0, 0.1) is 19.7 Å². The molecule has 0 aliphatic carbocycles. The predicted octanol–water partition coefficient (Wildman–Crippen LogP) is 3.74. The first-order valence-corrected chi connectivity index (χ1v) is 7.79. The highest BCUT2D eigenvalue weighted by Gasteiger charge is 2.27. The van der Waals surface area contributed by atoms with Gasteiger partial charge in [-0.15, -0.1) is 0 Å². The fourth-order valence-electron chi connectivity index (χ4n) is 2.95. The summed E-state index contributed by atoms with van der Waals surface area (Å²) < 4.78 is 13.8. The third-order valence-electron chi connectivity index (χ3n) is 4.34. The largest absolute Gasteiger partial charge is 0.374 e. The van der Waals surface area contributed by atoms with E-state index in [0.717, 1.165) is 16.8 Å². The molecule has 4 heteroatoms. The van der Waals surface area contributed by atoms with Crippen LogP contribution in [0.15, 0.2) is 36.4 Å². The summed E-state index contributed by atoms with van der Waals surface area (Å²) >= 11 is 0. The zero-order valence-electron chi connectivity index (χ0n) is 13.3. The van der Waals surface area contributed by atoms with E-state index in [9.17, 15) is 14.3 Å². The molecule has 3 rings (SSSR count). The molecule has 2 aromatic rings. The molecule has 0 amide bonds. The van der Waals surface area contributed by atoms with Crippen LogP contribution in [-0.2, 0) is 6.54 Å². The van der Waals surface area contributed by atoms with Crippen molar-refractivity contribution in [3.05, 3.63) is 64.5 Å². The second-order valence-corrected chi connectivity index (χ2v) is 6.17. The molecule has 23 heavy (non-hydrogen) atoms. The number of carbonyl (C=O) groups excluding carboxylic acids is 1. The highest BCUT2D eigenvalue weighted by atomic mass is 19.1. The molecule has 120 valence electrons. The fraction of sp³-hybridized carbons (Fsp3) is 0.316. The number of hydrogen-bond acceptors (Lipinski definition) is 3. The van der Waals surface area contributed by atoms with E-state index in [2.05, 4.69) is 0 Å². The van der Waals surface area contributed by atoms with Gasteiger partial charge in [-0.2, -0.15) is 0 Å². The van der Waals surface area contributed by atoms with Crippen LogP contribution in [-0.4, -0.2) is 17.1 Å². The molecule has 1 atom stereocenters. The highest BCUT2D eigenvalue weighted by molar-refractivity contribution is 6.02. The van der Waals surface area contributed by atoms with E-state index in [0.29, 0.717) is 30.5 Å².